The first-order valence-corrected chi connectivity index (χ1v) is 17.8. The average Bonchev–Trinajstić information content (AvgIpc) is 3.39. The fourth-order valence-corrected chi connectivity index (χ4v) is 6.29. The second-order valence-electron chi connectivity index (χ2n) is 12.8. The lowest BCUT2D eigenvalue weighted by atomic mass is 9.97. The van der Waals surface area contributed by atoms with Gasteiger partial charge in [-0.3, -0.25) is 4.79 Å². The van der Waals surface area contributed by atoms with Gasteiger partial charge in [-0.05, 0) is 65.8 Å². The average molecular weight is 611 g/mol. The highest BCUT2D eigenvalue weighted by molar-refractivity contribution is 6.04. The van der Waals surface area contributed by atoms with E-state index >= 15 is 0 Å². The zero-order chi connectivity index (χ0) is 31.7. The lowest BCUT2D eigenvalue weighted by Gasteiger charge is -2.09. The highest BCUT2D eigenvalue weighted by Crippen LogP contribution is 2.31. The SMILES string of the molecule is CCCCCCCCCCOc1ccc(-c2ccc(COC(=O)c3ccc4c(c3)C(=O)C(CCCCCCCC)C4)cc2)cc1. The molecule has 4 heteroatoms. The van der Waals surface area contributed by atoms with E-state index in [4.69, 9.17) is 9.47 Å². The van der Waals surface area contributed by atoms with Crippen molar-refractivity contribution in [2.45, 2.75) is 123 Å². The van der Waals surface area contributed by atoms with Gasteiger partial charge in [-0.25, -0.2) is 4.79 Å². The van der Waals surface area contributed by atoms with Crippen LogP contribution in [0.15, 0.2) is 66.7 Å². The molecule has 4 rings (SSSR count). The number of hydrogen-bond acceptors (Lipinski definition) is 4. The van der Waals surface area contributed by atoms with Crippen LogP contribution in [0.5, 0.6) is 5.75 Å². The molecule has 0 N–H and O–H groups in total. The second-order valence-corrected chi connectivity index (χ2v) is 12.8. The molecule has 242 valence electrons. The fourth-order valence-electron chi connectivity index (χ4n) is 6.29. The minimum absolute atomic E-state index is 0.0550. The van der Waals surface area contributed by atoms with Gasteiger partial charge in [0.1, 0.15) is 12.4 Å². The van der Waals surface area contributed by atoms with E-state index in [0.717, 1.165) is 60.3 Å². The van der Waals surface area contributed by atoms with Crippen molar-refractivity contribution < 1.29 is 19.1 Å². The van der Waals surface area contributed by atoms with Gasteiger partial charge in [0.15, 0.2) is 5.78 Å². The Morgan fingerprint density at radius 2 is 1.27 bits per heavy atom. The number of carbonyl (C=O) groups excluding carboxylic acids is 2. The normalized spacial score (nSPS) is 14.0. The summed E-state index contributed by atoms with van der Waals surface area (Å²) in [4.78, 5) is 25.9. The first kappa shape index (κ1) is 34.5. The maximum Gasteiger partial charge on any atom is 0.338 e. The first-order valence-electron chi connectivity index (χ1n) is 17.8. The van der Waals surface area contributed by atoms with Crippen LogP contribution < -0.4 is 4.74 Å². The van der Waals surface area contributed by atoms with Gasteiger partial charge < -0.3 is 9.47 Å². The molecule has 1 aliphatic carbocycles. The number of Topliss-reactive ketones (excluding diaryl/α,β-unsaturated/α-hetero) is 1. The Hall–Kier alpha value is -3.40. The quantitative estimate of drug-likeness (QED) is 0.0889. The summed E-state index contributed by atoms with van der Waals surface area (Å²) in [6, 6.07) is 21.8. The molecule has 45 heavy (non-hydrogen) atoms. The molecule has 0 heterocycles. The van der Waals surface area contributed by atoms with Crippen molar-refractivity contribution >= 4 is 11.8 Å². The zero-order valence-corrected chi connectivity index (χ0v) is 27.8. The number of rotatable bonds is 21. The summed E-state index contributed by atoms with van der Waals surface area (Å²) >= 11 is 0. The molecule has 4 nitrogen and oxygen atoms in total. The number of ketones is 1. The minimum atomic E-state index is -0.392. The van der Waals surface area contributed by atoms with Gasteiger partial charge >= 0.3 is 5.97 Å². The predicted octanol–water partition coefficient (Wildman–Crippen LogP) is 11.3. The standard InChI is InChI=1S/C41H54O4/c1-3-5-7-9-11-12-14-16-28-44-38-26-24-34(25-27-38)33-20-18-32(19-21-33)31-45-41(43)37-23-22-35-29-36(40(42)39(35)30-37)17-15-13-10-8-6-4-2/h18-27,30,36H,3-17,28-29,31H2,1-2H3. The van der Waals surface area contributed by atoms with E-state index in [1.54, 1.807) is 12.1 Å². The number of esters is 1. The Kier molecular flexibility index (Phi) is 14.7. The Balaban J connectivity index is 1.17. The predicted molar refractivity (Wildman–Crippen MR) is 185 cm³/mol. The molecule has 0 aliphatic heterocycles. The van der Waals surface area contributed by atoms with E-state index in [2.05, 4.69) is 38.1 Å². The van der Waals surface area contributed by atoms with E-state index < -0.39 is 5.97 Å². The number of benzene rings is 3. The van der Waals surface area contributed by atoms with Crippen LogP contribution in [0.2, 0.25) is 0 Å². The van der Waals surface area contributed by atoms with Gasteiger partial charge in [0.25, 0.3) is 0 Å². The Bertz CT molecular complexity index is 1310. The summed E-state index contributed by atoms with van der Waals surface area (Å²) in [6.07, 6.45) is 19.5. The minimum Gasteiger partial charge on any atom is -0.494 e. The van der Waals surface area contributed by atoms with E-state index in [1.165, 1.54) is 77.0 Å². The van der Waals surface area contributed by atoms with E-state index in [0.29, 0.717) is 11.1 Å². The molecular formula is C41H54O4. The monoisotopic (exact) mass is 610 g/mol. The van der Waals surface area contributed by atoms with Crippen LogP contribution in [0.1, 0.15) is 142 Å². The molecule has 0 radical (unpaired) electrons. The van der Waals surface area contributed by atoms with E-state index in [9.17, 15) is 9.59 Å². The van der Waals surface area contributed by atoms with Crippen molar-refractivity contribution in [1.82, 2.24) is 0 Å². The molecular weight excluding hydrogens is 556 g/mol. The molecule has 1 aliphatic rings. The Morgan fingerprint density at radius 3 is 1.91 bits per heavy atom. The molecule has 0 saturated heterocycles. The summed E-state index contributed by atoms with van der Waals surface area (Å²) in [5.41, 5.74) is 5.36. The van der Waals surface area contributed by atoms with Gasteiger partial charge in [-0.1, -0.05) is 140 Å². The number of carbonyl (C=O) groups is 2. The van der Waals surface area contributed by atoms with Gasteiger partial charge in [0.2, 0.25) is 0 Å². The summed E-state index contributed by atoms with van der Waals surface area (Å²) < 4.78 is 11.6. The van der Waals surface area contributed by atoms with Crippen LogP contribution in [-0.4, -0.2) is 18.4 Å². The van der Waals surface area contributed by atoms with Crippen LogP contribution in [0.25, 0.3) is 11.1 Å². The van der Waals surface area contributed by atoms with Crippen molar-refractivity contribution in [2.24, 2.45) is 5.92 Å². The topological polar surface area (TPSA) is 52.6 Å². The first-order chi connectivity index (χ1) is 22.1. The smallest absolute Gasteiger partial charge is 0.338 e. The lowest BCUT2D eigenvalue weighted by molar-refractivity contribution is 0.0472. The van der Waals surface area contributed by atoms with Crippen LogP contribution in [0.3, 0.4) is 0 Å². The maximum absolute atomic E-state index is 13.0. The third kappa shape index (κ3) is 11.2. The molecule has 0 aromatic heterocycles. The van der Waals surface area contributed by atoms with Gasteiger partial charge in [0.05, 0.1) is 12.2 Å². The van der Waals surface area contributed by atoms with Crippen LogP contribution >= 0.6 is 0 Å². The molecule has 0 fully saturated rings. The van der Waals surface area contributed by atoms with Crippen molar-refractivity contribution in [3.05, 3.63) is 89.0 Å². The number of ether oxygens (including phenoxy) is 2. The molecule has 0 spiro atoms. The number of fused-ring (bicyclic) bond motifs is 1. The van der Waals surface area contributed by atoms with Crippen molar-refractivity contribution in [2.75, 3.05) is 6.61 Å². The van der Waals surface area contributed by atoms with Gasteiger partial charge in [-0.2, -0.15) is 0 Å². The summed E-state index contributed by atoms with van der Waals surface area (Å²) in [6.45, 7) is 5.44. The van der Waals surface area contributed by atoms with Gasteiger partial charge in [0, 0.05) is 11.5 Å². The third-order valence-electron chi connectivity index (χ3n) is 9.13. The van der Waals surface area contributed by atoms with E-state index in [1.807, 2.05) is 30.3 Å². The van der Waals surface area contributed by atoms with Crippen molar-refractivity contribution in [1.29, 1.82) is 0 Å². The van der Waals surface area contributed by atoms with Crippen LogP contribution in [-0.2, 0) is 17.8 Å². The van der Waals surface area contributed by atoms with Crippen molar-refractivity contribution in [3.8, 4) is 16.9 Å². The zero-order valence-electron chi connectivity index (χ0n) is 27.8. The molecule has 0 bridgehead atoms. The molecule has 1 unspecified atom stereocenters. The number of hydrogen-bond donors (Lipinski definition) is 0. The molecule has 3 aromatic carbocycles. The van der Waals surface area contributed by atoms with Crippen LogP contribution in [0.4, 0.5) is 0 Å². The van der Waals surface area contributed by atoms with Crippen LogP contribution in [0, 0.1) is 5.92 Å². The molecule has 0 amide bonds. The fraction of sp³-hybridized carbons (Fsp3) is 0.512. The molecule has 0 saturated carbocycles. The highest BCUT2D eigenvalue weighted by atomic mass is 16.5. The van der Waals surface area contributed by atoms with Crippen molar-refractivity contribution in [3.63, 3.8) is 0 Å². The largest absolute Gasteiger partial charge is 0.494 e. The highest BCUT2D eigenvalue weighted by Gasteiger charge is 2.30. The second kappa shape index (κ2) is 19.2. The van der Waals surface area contributed by atoms with E-state index in [-0.39, 0.29) is 18.3 Å². The lowest BCUT2D eigenvalue weighted by Crippen LogP contribution is -2.10. The Morgan fingerprint density at radius 1 is 0.689 bits per heavy atom. The summed E-state index contributed by atoms with van der Waals surface area (Å²) in [7, 11) is 0. The van der Waals surface area contributed by atoms with Gasteiger partial charge in [-0.15, -0.1) is 0 Å². The summed E-state index contributed by atoms with van der Waals surface area (Å²) in [5.74, 6) is 0.759. The maximum atomic E-state index is 13.0. The number of unbranched alkanes of at least 4 members (excludes halogenated alkanes) is 12. The molecule has 1 atom stereocenters. The summed E-state index contributed by atoms with van der Waals surface area (Å²) in [5, 5.41) is 0. The molecule has 3 aromatic rings. The third-order valence-corrected chi connectivity index (χ3v) is 9.13. The Labute approximate surface area is 271 Å².